The highest BCUT2D eigenvalue weighted by atomic mass is 16.5. The first kappa shape index (κ1) is 13.6. The van der Waals surface area contributed by atoms with Gasteiger partial charge in [-0.15, -0.1) is 0 Å². The van der Waals surface area contributed by atoms with E-state index in [2.05, 4.69) is 16.5 Å². The Balaban J connectivity index is 2.13. The normalized spacial score (nSPS) is 18.8. The molecule has 2 rings (SSSR count). The monoisotopic (exact) mass is 261 g/mol. The van der Waals surface area contributed by atoms with Crippen molar-refractivity contribution in [1.82, 2.24) is 10.5 Å². The van der Waals surface area contributed by atoms with E-state index in [1.165, 1.54) is 0 Å². The zero-order valence-electron chi connectivity index (χ0n) is 11.6. The zero-order valence-corrected chi connectivity index (χ0v) is 11.6. The van der Waals surface area contributed by atoms with E-state index >= 15 is 0 Å². The largest absolute Gasteiger partial charge is 0.361 e. The molecule has 0 spiro atoms. The van der Waals surface area contributed by atoms with E-state index in [1.807, 2.05) is 20.8 Å². The highest BCUT2D eigenvalue weighted by Crippen LogP contribution is 2.38. The summed E-state index contributed by atoms with van der Waals surface area (Å²) in [5.74, 6) is 0.544. The Morgan fingerprint density at radius 2 is 2.11 bits per heavy atom. The lowest BCUT2D eigenvalue weighted by Gasteiger charge is -2.22. The lowest BCUT2D eigenvalue weighted by atomic mass is 9.86. The van der Waals surface area contributed by atoms with Crippen molar-refractivity contribution in [2.45, 2.75) is 52.5 Å². The molecule has 0 radical (unpaired) electrons. The van der Waals surface area contributed by atoms with Gasteiger partial charge in [-0.2, -0.15) is 5.26 Å². The maximum Gasteiger partial charge on any atom is 0.240 e. The molecule has 0 aromatic carbocycles. The van der Waals surface area contributed by atoms with Gasteiger partial charge in [-0.25, -0.2) is 0 Å². The quantitative estimate of drug-likeness (QED) is 0.906. The van der Waals surface area contributed by atoms with Gasteiger partial charge in [0.05, 0.1) is 17.8 Å². The Bertz CT molecular complexity index is 502. The number of amides is 1. The van der Waals surface area contributed by atoms with E-state index in [0.717, 1.165) is 24.1 Å². The number of carbonyl (C=O) groups excluding carboxylic acids is 1. The third kappa shape index (κ3) is 2.35. The summed E-state index contributed by atoms with van der Waals surface area (Å²) >= 11 is 0. The summed E-state index contributed by atoms with van der Waals surface area (Å²) in [6.07, 6.45) is 3.20. The Morgan fingerprint density at radius 1 is 1.47 bits per heavy atom. The van der Waals surface area contributed by atoms with E-state index in [4.69, 9.17) is 4.52 Å². The van der Waals surface area contributed by atoms with Gasteiger partial charge in [0, 0.05) is 5.56 Å². The number of nitrogens with one attached hydrogen (secondary N) is 1. The van der Waals surface area contributed by atoms with Crippen molar-refractivity contribution in [3.8, 4) is 6.07 Å². The second-order valence-corrected chi connectivity index (χ2v) is 5.33. The number of nitrogens with zero attached hydrogens (tertiary/aromatic N) is 2. The molecule has 19 heavy (non-hydrogen) atoms. The van der Waals surface area contributed by atoms with Gasteiger partial charge in [0.1, 0.15) is 11.2 Å². The first-order chi connectivity index (χ1) is 9.00. The topological polar surface area (TPSA) is 78.9 Å². The van der Waals surface area contributed by atoms with Crippen LogP contribution in [0.3, 0.4) is 0 Å². The Labute approximate surface area is 113 Å². The first-order valence-corrected chi connectivity index (χ1v) is 6.65. The fraction of sp³-hybridized carbons (Fsp3) is 0.643. The number of aromatic nitrogens is 1. The van der Waals surface area contributed by atoms with Crippen LogP contribution in [-0.4, -0.2) is 11.1 Å². The summed E-state index contributed by atoms with van der Waals surface area (Å²) in [5, 5.41) is 16.1. The Kier molecular flexibility index (Phi) is 3.61. The van der Waals surface area contributed by atoms with Crippen LogP contribution in [0.2, 0.25) is 0 Å². The smallest absolute Gasteiger partial charge is 0.240 e. The summed E-state index contributed by atoms with van der Waals surface area (Å²) in [6.45, 7) is 5.57. The SMILES string of the molecule is Cc1noc(C)c1C(C)NC(=O)C1(C#N)CCCC1. The molecule has 1 aromatic rings. The summed E-state index contributed by atoms with van der Waals surface area (Å²) in [5.41, 5.74) is 0.843. The lowest BCUT2D eigenvalue weighted by Crippen LogP contribution is -2.39. The van der Waals surface area contributed by atoms with Crippen LogP contribution >= 0.6 is 0 Å². The van der Waals surface area contributed by atoms with Crippen molar-refractivity contribution in [2.24, 2.45) is 5.41 Å². The van der Waals surface area contributed by atoms with Gasteiger partial charge in [0.25, 0.3) is 0 Å². The predicted octanol–water partition coefficient (Wildman–Crippen LogP) is 2.55. The van der Waals surface area contributed by atoms with Crippen molar-refractivity contribution >= 4 is 5.91 Å². The van der Waals surface area contributed by atoms with Crippen molar-refractivity contribution in [1.29, 1.82) is 5.26 Å². The van der Waals surface area contributed by atoms with Crippen molar-refractivity contribution in [2.75, 3.05) is 0 Å². The molecule has 1 unspecified atom stereocenters. The maximum absolute atomic E-state index is 12.3. The minimum absolute atomic E-state index is 0.167. The van der Waals surface area contributed by atoms with Crippen LogP contribution in [0, 0.1) is 30.6 Å². The average molecular weight is 261 g/mol. The molecule has 0 saturated heterocycles. The summed E-state index contributed by atoms with van der Waals surface area (Å²) < 4.78 is 5.11. The molecule has 1 saturated carbocycles. The second-order valence-electron chi connectivity index (χ2n) is 5.33. The average Bonchev–Trinajstić information content (AvgIpc) is 2.97. The number of hydrogen-bond acceptors (Lipinski definition) is 4. The fourth-order valence-electron chi connectivity index (χ4n) is 2.88. The maximum atomic E-state index is 12.3. The number of carbonyl (C=O) groups is 1. The molecule has 1 N–H and O–H groups in total. The van der Waals surface area contributed by atoms with Gasteiger partial charge >= 0.3 is 0 Å². The number of aryl methyl sites for hydroxylation is 2. The van der Waals surface area contributed by atoms with Gasteiger partial charge in [-0.3, -0.25) is 4.79 Å². The molecule has 5 heteroatoms. The molecular weight excluding hydrogens is 242 g/mol. The Hall–Kier alpha value is -1.83. The van der Waals surface area contributed by atoms with Crippen LogP contribution in [0.25, 0.3) is 0 Å². The van der Waals surface area contributed by atoms with E-state index in [0.29, 0.717) is 18.6 Å². The van der Waals surface area contributed by atoms with Crippen molar-refractivity contribution in [3.05, 3.63) is 17.0 Å². The minimum Gasteiger partial charge on any atom is -0.361 e. The molecule has 1 atom stereocenters. The van der Waals surface area contributed by atoms with Gasteiger partial charge in [0.15, 0.2) is 0 Å². The van der Waals surface area contributed by atoms with Crippen molar-refractivity contribution in [3.63, 3.8) is 0 Å². The van der Waals surface area contributed by atoms with Gasteiger partial charge in [-0.05, 0) is 33.6 Å². The van der Waals surface area contributed by atoms with Crippen LogP contribution in [-0.2, 0) is 4.79 Å². The highest BCUT2D eigenvalue weighted by Gasteiger charge is 2.42. The van der Waals surface area contributed by atoms with Gasteiger partial charge in [-0.1, -0.05) is 18.0 Å². The number of nitriles is 1. The van der Waals surface area contributed by atoms with Crippen molar-refractivity contribution < 1.29 is 9.32 Å². The minimum atomic E-state index is -0.840. The predicted molar refractivity (Wildman–Crippen MR) is 69.0 cm³/mol. The van der Waals surface area contributed by atoms with Crippen LogP contribution in [0.4, 0.5) is 0 Å². The zero-order chi connectivity index (χ0) is 14.0. The summed E-state index contributed by atoms with van der Waals surface area (Å²) in [4.78, 5) is 12.3. The fourth-order valence-corrected chi connectivity index (χ4v) is 2.88. The second kappa shape index (κ2) is 5.04. The first-order valence-electron chi connectivity index (χ1n) is 6.65. The van der Waals surface area contributed by atoms with Gasteiger partial charge < -0.3 is 9.84 Å². The molecule has 5 nitrogen and oxygen atoms in total. The van der Waals surface area contributed by atoms with E-state index in [9.17, 15) is 10.1 Å². The lowest BCUT2D eigenvalue weighted by molar-refractivity contribution is -0.128. The van der Waals surface area contributed by atoms with Gasteiger partial charge in [0.2, 0.25) is 5.91 Å². The number of hydrogen-bond donors (Lipinski definition) is 1. The standard InChI is InChI=1S/C14H19N3O2/c1-9(12-10(2)17-19-11(12)3)16-13(18)14(8-15)6-4-5-7-14/h9H,4-7H2,1-3H3,(H,16,18). The van der Waals surface area contributed by atoms with Crippen LogP contribution in [0.1, 0.15) is 55.7 Å². The molecule has 0 aliphatic heterocycles. The molecule has 102 valence electrons. The Morgan fingerprint density at radius 3 is 2.58 bits per heavy atom. The van der Waals surface area contributed by atoms with Crippen LogP contribution in [0.15, 0.2) is 4.52 Å². The molecule has 1 aliphatic rings. The van der Waals surface area contributed by atoms with Crippen LogP contribution in [0.5, 0.6) is 0 Å². The van der Waals surface area contributed by atoms with E-state index < -0.39 is 5.41 Å². The van der Waals surface area contributed by atoms with E-state index in [-0.39, 0.29) is 11.9 Å². The summed E-state index contributed by atoms with van der Waals surface area (Å²) in [7, 11) is 0. The van der Waals surface area contributed by atoms with Crippen LogP contribution < -0.4 is 5.32 Å². The van der Waals surface area contributed by atoms with E-state index in [1.54, 1.807) is 0 Å². The molecule has 0 bridgehead atoms. The molecule has 1 heterocycles. The third-order valence-corrected chi connectivity index (χ3v) is 3.97. The molecule has 1 fully saturated rings. The molecule has 1 aromatic heterocycles. The highest BCUT2D eigenvalue weighted by molar-refractivity contribution is 5.86. The molecule has 1 aliphatic carbocycles. The third-order valence-electron chi connectivity index (χ3n) is 3.97. The summed E-state index contributed by atoms with van der Waals surface area (Å²) in [6, 6.07) is 2.02. The molecular formula is C14H19N3O2. The molecule has 1 amide bonds. The number of rotatable bonds is 3.